The number of hydrogen-bond donors (Lipinski definition) is 3. The Morgan fingerprint density at radius 3 is 2.29 bits per heavy atom. The van der Waals surface area contributed by atoms with Crippen LogP contribution in [-0.4, -0.2) is 26.7 Å². The van der Waals surface area contributed by atoms with E-state index in [9.17, 15) is 36.6 Å². The van der Waals surface area contributed by atoms with Crippen LogP contribution in [0.1, 0.15) is 38.4 Å². The average Bonchev–Trinajstić information content (AvgIpc) is 3.19. The minimum Gasteiger partial charge on any atom is -0.505 e. The van der Waals surface area contributed by atoms with E-state index in [1.54, 1.807) is 0 Å². The summed E-state index contributed by atoms with van der Waals surface area (Å²) in [6.07, 6.45) is -4.05. The lowest BCUT2D eigenvalue weighted by Crippen LogP contribution is -2.25. The highest BCUT2D eigenvalue weighted by Crippen LogP contribution is 2.33. The zero-order valence-corrected chi connectivity index (χ0v) is 18.1. The first-order valence-electron chi connectivity index (χ1n) is 9.18. The van der Waals surface area contributed by atoms with Crippen molar-refractivity contribution in [3.8, 4) is 5.75 Å². The molecule has 0 aliphatic heterocycles. The Hall–Kier alpha value is -3.38. The van der Waals surface area contributed by atoms with E-state index in [2.05, 4.69) is 15.7 Å². The maximum atomic E-state index is 13.1. The topological polar surface area (TPSA) is 96.2 Å². The van der Waals surface area contributed by atoms with Crippen molar-refractivity contribution >= 4 is 40.8 Å². The van der Waals surface area contributed by atoms with Crippen LogP contribution in [-0.2, 0) is 12.7 Å². The van der Waals surface area contributed by atoms with Crippen molar-refractivity contribution in [3.63, 3.8) is 0 Å². The molecule has 7 nitrogen and oxygen atoms in total. The van der Waals surface area contributed by atoms with E-state index < -0.39 is 53.8 Å². The van der Waals surface area contributed by atoms with Crippen LogP contribution in [0.25, 0.3) is 0 Å². The molecule has 0 spiro atoms. The molecule has 14 heteroatoms. The lowest BCUT2D eigenvalue weighted by molar-refractivity contribution is -0.138. The molecule has 1 aromatic heterocycles. The summed E-state index contributed by atoms with van der Waals surface area (Å²) in [6, 6.07) is 6.57. The molecule has 180 valence electrons. The Kier molecular flexibility index (Phi) is 7.32. The zero-order valence-electron chi connectivity index (χ0n) is 16.6. The molecule has 0 atom stereocenters. The van der Waals surface area contributed by atoms with E-state index in [-0.39, 0.29) is 25.9 Å². The van der Waals surface area contributed by atoms with E-state index in [1.807, 2.05) is 0 Å². The second-order valence-corrected chi connectivity index (χ2v) is 7.54. The first-order valence-corrected chi connectivity index (χ1v) is 9.94. The van der Waals surface area contributed by atoms with Crippen molar-refractivity contribution in [2.45, 2.75) is 19.3 Å². The third-order valence-corrected chi connectivity index (χ3v) is 5.03. The van der Waals surface area contributed by atoms with Crippen LogP contribution in [0.2, 0.25) is 10.0 Å². The number of nitrogens with zero attached hydrogens (tertiary/aromatic N) is 2. The number of aromatic nitrogens is 2. The number of carbonyl (C=O) groups excluding carboxylic acids is 2. The molecule has 3 rings (SSSR count). The summed E-state index contributed by atoms with van der Waals surface area (Å²) in [5.74, 6) is -3.10. The number of anilines is 1. The van der Waals surface area contributed by atoms with Gasteiger partial charge in [-0.3, -0.25) is 9.59 Å². The number of nitrogens with one attached hydrogen (secondary N) is 2. The van der Waals surface area contributed by atoms with Crippen molar-refractivity contribution in [2.24, 2.45) is 0 Å². The van der Waals surface area contributed by atoms with Gasteiger partial charge in [-0.15, -0.1) is 5.10 Å². The standard InChI is InChI=1S/C20H13Cl2F5N4O3/c21-13-5-10(6-14(22)15(13)32)17(33)29-16-11(8-31(30-16)19(23)24)18(34)28-7-9-3-1-2-4-12(9)20(25,26)27/h1-6,8,19,32H,7H2,(H,28,34)(H,29,30,33). The summed E-state index contributed by atoms with van der Waals surface area (Å²) < 4.78 is 65.8. The molecule has 0 bridgehead atoms. The van der Waals surface area contributed by atoms with Gasteiger partial charge in [-0.05, 0) is 23.8 Å². The normalized spacial score (nSPS) is 11.5. The Labute approximate surface area is 198 Å². The van der Waals surface area contributed by atoms with Gasteiger partial charge in [-0.2, -0.15) is 22.0 Å². The van der Waals surface area contributed by atoms with Crippen LogP contribution in [0, 0.1) is 0 Å². The van der Waals surface area contributed by atoms with E-state index in [4.69, 9.17) is 23.2 Å². The number of phenolic OH excluding ortho intramolecular Hbond substituents is 1. The molecule has 0 radical (unpaired) electrons. The molecular formula is C20H13Cl2F5N4O3. The number of aromatic hydroxyl groups is 1. The highest BCUT2D eigenvalue weighted by molar-refractivity contribution is 6.37. The number of rotatable bonds is 6. The predicted octanol–water partition coefficient (Wildman–Crippen LogP) is 5.49. The van der Waals surface area contributed by atoms with Crippen LogP contribution >= 0.6 is 23.2 Å². The molecule has 2 aromatic carbocycles. The predicted molar refractivity (Wildman–Crippen MR) is 112 cm³/mol. The van der Waals surface area contributed by atoms with E-state index in [0.717, 1.165) is 24.3 Å². The van der Waals surface area contributed by atoms with Gasteiger partial charge < -0.3 is 15.7 Å². The Morgan fingerprint density at radius 1 is 1.09 bits per heavy atom. The molecule has 0 saturated heterocycles. The number of carbonyl (C=O) groups is 2. The van der Waals surface area contributed by atoms with Crippen LogP contribution in [0.15, 0.2) is 42.6 Å². The monoisotopic (exact) mass is 522 g/mol. The number of alkyl halides is 5. The molecule has 0 fully saturated rings. The van der Waals surface area contributed by atoms with E-state index >= 15 is 0 Å². The maximum Gasteiger partial charge on any atom is 0.416 e. The van der Waals surface area contributed by atoms with Gasteiger partial charge in [0.05, 0.1) is 15.6 Å². The fourth-order valence-electron chi connectivity index (χ4n) is 2.85. The Balaban J connectivity index is 1.85. The van der Waals surface area contributed by atoms with Crippen molar-refractivity contribution in [1.82, 2.24) is 15.1 Å². The molecular weight excluding hydrogens is 510 g/mol. The lowest BCUT2D eigenvalue weighted by atomic mass is 10.1. The first kappa shape index (κ1) is 25.2. The van der Waals surface area contributed by atoms with Crippen molar-refractivity contribution < 1.29 is 36.6 Å². The second-order valence-electron chi connectivity index (χ2n) is 6.73. The summed E-state index contributed by atoms with van der Waals surface area (Å²) in [5.41, 5.74) is -1.96. The quantitative estimate of drug-likeness (QED) is 0.373. The molecule has 2 amide bonds. The molecule has 0 saturated carbocycles. The van der Waals surface area contributed by atoms with Crippen LogP contribution in [0.5, 0.6) is 5.75 Å². The molecule has 0 aliphatic rings. The second kappa shape index (κ2) is 9.85. The van der Waals surface area contributed by atoms with Crippen LogP contribution in [0.3, 0.4) is 0 Å². The SMILES string of the molecule is O=C(Nc1nn(C(F)F)cc1C(=O)NCc1ccccc1C(F)(F)F)c1cc(Cl)c(O)c(Cl)c1. The Bertz CT molecular complexity index is 1220. The van der Waals surface area contributed by atoms with Gasteiger partial charge in [0, 0.05) is 18.3 Å². The van der Waals surface area contributed by atoms with E-state index in [0.29, 0.717) is 6.20 Å². The zero-order chi connectivity index (χ0) is 25.2. The largest absolute Gasteiger partial charge is 0.505 e. The summed E-state index contributed by atoms with van der Waals surface area (Å²) >= 11 is 11.5. The minimum atomic E-state index is -4.67. The van der Waals surface area contributed by atoms with E-state index in [1.165, 1.54) is 12.1 Å². The number of benzene rings is 2. The fraction of sp³-hybridized carbons (Fsp3) is 0.150. The molecule has 3 aromatic rings. The third kappa shape index (κ3) is 5.57. The van der Waals surface area contributed by atoms with Gasteiger partial charge in [0.15, 0.2) is 11.6 Å². The number of amides is 2. The number of phenols is 1. The average molecular weight is 523 g/mol. The number of halogens is 7. The van der Waals surface area contributed by atoms with Gasteiger partial charge in [0.2, 0.25) is 0 Å². The smallest absolute Gasteiger partial charge is 0.416 e. The molecule has 0 aliphatic carbocycles. The maximum absolute atomic E-state index is 13.1. The molecule has 34 heavy (non-hydrogen) atoms. The molecule has 3 N–H and O–H groups in total. The first-order chi connectivity index (χ1) is 15.9. The number of hydrogen-bond acceptors (Lipinski definition) is 4. The van der Waals surface area contributed by atoms with Crippen molar-refractivity contribution in [2.75, 3.05) is 5.32 Å². The van der Waals surface area contributed by atoms with Crippen molar-refractivity contribution in [1.29, 1.82) is 0 Å². The summed E-state index contributed by atoms with van der Waals surface area (Å²) in [5, 5.41) is 16.8. The highest BCUT2D eigenvalue weighted by Gasteiger charge is 2.33. The van der Waals surface area contributed by atoms with Gasteiger partial charge in [-0.25, -0.2) is 4.68 Å². The molecule has 1 heterocycles. The summed E-state index contributed by atoms with van der Waals surface area (Å²) in [7, 11) is 0. The van der Waals surface area contributed by atoms with Gasteiger partial charge in [0.1, 0.15) is 5.56 Å². The van der Waals surface area contributed by atoms with Gasteiger partial charge >= 0.3 is 12.7 Å². The van der Waals surface area contributed by atoms with Crippen LogP contribution < -0.4 is 10.6 Å². The van der Waals surface area contributed by atoms with Gasteiger partial charge in [0.25, 0.3) is 11.8 Å². The third-order valence-electron chi connectivity index (χ3n) is 4.45. The lowest BCUT2D eigenvalue weighted by Gasteiger charge is -2.13. The minimum absolute atomic E-state index is 0.0883. The molecule has 0 unspecified atom stereocenters. The Morgan fingerprint density at radius 2 is 1.71 bits per heavy atom. The van der Waals surface area contributed by atoms with Crippen LogP contribution in [0.4, 0.5) is 27.8 Å². The summed E-state index contributed by atoms with van der Waals surface area (Å²) in [4.78, 5) is 25.1. The highest BCUT2D eigenvalue weighted by atomic mass is 35.5. The summed E-state index contributed by atoms with van der Waals surface area (Å²) in [6.45, 7) is -3.76. The van der Waals surface area contributed by atoms with Gasteiger partial charge in [-0.1, -0.05) is 41.4 Å². The van der Waals surface area contributed by atoms with Crippen molar-refractivity contribution in [3.05, 3.63) is 74.9 Å². The fourth-order valence-corrected chi connectivity index (χ4v) is 3.34.